The molecule has 0 bridgehead atoms. The molecule has 22 heavy (non-hydrogen) atoms. The fourth-order valence-electron chi connectivity index (χ4n) is 2.46. The average Bonchev–Trinajstić information content (AvgIpc) is 3.06. The van der Waals surface area contributed by atoms with Gasteiger partial charge in [-0.25, -0.2) is 4.98 Å². The van der Waals surface area contributed by atoms with Crippen LogP contribution in [0.1, 0.15) is 0 Å². The first-order valence-corrected chi connectivity index (χ1v) is 7.82. The summed E-state index contributed by atoms with van der Waals surface area (Å²) in [7, 11) is 0. The number of aromatic amines is 1. The normalized spacial score (nSPS) is 10.9. The van der Waals surface area contributed by atoms with Gasteiger partial charge in [0.25, 0.3) is 5.56 Å². The smallest absolute Gasteiger partial charge is 0.256 e. The largest absolute Gasteiger partial charge is 0.320 e. The molecule has 0 aliphatic rings. The number of fused-ring (bicyclic) bond motifs is 1. The first-order valence-electron chi connectivity index (χ1n) is 6.95. The van der Waals surface area contributed by atoms with E-state index in [1.54, 1.807) is 11.3 Å². The Hall–Kier alpha value is -2.72. The predicted octanol–water partition coefficient (Wildman–Crippen LogP) is 4.32. The number of H-pyrrole nitrogens is 1. The molecule has 3 nitrogen and oxygen atoms in total. The average molecular weight is 304 g/mol. The van der Waals surface area contributed by atoms with E-state index in [0.29, 0.717) is 5.39 Å². The van der Waals surface area contributed by atoms with Crippen molar-refractivity contribution in [3.05, 3.63) is 76.4 Å². The number of rotatable bonds is 2. The summed E-state index contributed by atoms with van der Waals surface area (Å²) >= 11 is 1.58. The van der Waals surface area contributed by atoms with E-state index in [4.69, 9.17) is 0 Å². The maximum absolute atomic E-state index is 12.2. The van der Waals surface area contributed by atoms with E-state index in [1.807, 2.05) is 66.0 Å². The van der Waals surface area contributed by atoms with Gasteiger partial charge in [0.1, 0.15) is 5.01 Å². The Labute approximate surface area is 130 Å². The first-order chi connectivity index (χ1) is 10.8. The Balaban J connectivity index is 1.83. The number of benzene rings is 2. The first kappa shape index (κ1) is 13.0. The van der Waals surface area contributed by atoms with Crippen LogP contribution in [0.2, 0.25) is 0 Å². The molecular formula is C18H12N2OS. The summed E-state index contributed by atoms with van der Waals surface area (Å²) < 4.78 is 0. The van der Waals surface area contributed by atoms with E-state index >= 15 is 0 Å². The molecule has 0 saturated carbocycles. The monoisotopic (exact) mass is 304 g/mol. The molecule has 0 amide bonds. The van der Waals surface area contributed by atoms with Crippen molar-refractivity contribution in [1.82, 2.24) is 9.97 Å². The van der Waals surface area contributed by atoms with Crippen molar-refractivity contribution >= 4 is 22.1 Å². The van der Waals surface area contributed by atoms with Crippen molar-refractivity contribution in [1.29, 1.82) is 0 Å². The van der Waals surface area contributed by atoms with Crippen LogP contribution in [-0.4, -0.2) is 9.97 Å². The third-order valence-electron chi connectivity index (χ3n) is 3.55. The highest BCUT2D eigenvalue weighted by Crippen LogP contribution is 2.28. The molecule has 2 aromatic carbocycles. The van der Waals surface area contributed by atoms with E-state index in [0.717, 1.165) is 27.3 Å². The zero-order chi connectivity index (χ0) is 14.9. The molecule has 0 saturated heterocycles. The minimum absolute atomic E-state index is 0.0811. The van der Waals surface area contributed by atoms with Crippen LogP contribution < -0.4 is 5.56 Å². The lowest BCUT2D eigenvalue weighted by Crippen LogP contribution is -2.07. The Morgan fingerprint density at radius 3 is 2.59 bits per heavy atom. The maximum atomic E-state index is 12.2. The van der Waals surface area contributed by atoms with E-state index in [2.05, 4.69) is 9.97 Å². The molecule has 0 radical (unpaired) electrons. The molecule has 2 aromatic heterocycles. The van der Waals surface area contributed by atoms with Crippen LogP contribution in [0.25, 0.3) is 32.7 Å². The van der Waals surface area contributed by atoms with Gasteiger partial charge in [-0.3, -0.25) is 4.79 Å². The van der Waals surface area contributed by atoms with Crippen LogP contribution in [0, 0.1) is 0 Å². The molecule has 4 rings (SSSR count). The van der Waals surface area contributed by atoms with Crippen LogP contribution in [-0.2, 0) is 0 Å². The van der Waals surface area contributed by atoms with Crippen LogP contribution in [0.5, 0.6) is 0 Å². The van der Waals surface area contributed by atoms with Gasteiger partial charge in [-0.05, 0) is 17.5 Å². The number of hydrogen-bond donors (Lipinski definition) is 1. The molecule has 0 aliphatic heterocycles. The van der Waals surface area contributed by atoms with E-state index < -0.39 is 0 Å². The molecular weight excluding hydrogens is 292 g/mol. The maximum Gasteiger partial charge on any atom is 0.256 e. The summed E-state index contributed by atoms with van der Waals surface area (Å²) in [6, 6.07) is 19.6. The van der Waals surface area contributed by atoms with Crippen LogP contribution in [0.15, 0.2) is 70.8 Å². The summed E-state index contributed by atoms with van der Waals surface area (Å²) in [6.07, 6.45) is 0. The molecule has 0 atom stereocenters. The van der Waals surface area contributed by atoms with Gasteiger partial charge in [0.05, 0.1) is 11.4 Å². The van der Waals surface area contributed by atoms with E-state index in [9.17, 15) is 4.79 Å². The SMILES string of the molecule is O=c1[nH]c(-c2csc(-c3ccccc3)n2)cc2ccccc12. The summed E-state index contributed by atoms with van der Waals surface area (Å²) in [5.74, 6) is 0. The van der Waals surface area contributed by atoms with Crippen LogP contribution >= 0.6 is 11.3 Å². The summed E-state index contributed by atoms with van der Waals surface area (Å²) in [5, 5.41) is 4.55. The fourth-order valence-corrected chi connectivity index (χ4v) is 3.29. The summed E-state index contributed by atoms with van der Waals surface area (Å²) in [4.78, 5) is 19.7. The second-order valence-electron chi connectivity index (χ2n) is 5.00. The van der Waals surface area contributed by atoms with Gasteiger partial charge < -0.3 is 4.98 Å². The van der Waals surface area contributed by atoms with Crippen molar-refractivity contribution in [3.63, 3.8) is 0 Å². The van der Waals surface area contributed by atoms with Crippen molar-refractivity contribution in [2.24, 2.45) is 0 Å². The number of aromatic nitrogens is 2. The minimum Gasteiger partial charge on any atom is -0.320 e. The lowest BCUT2D eigenvalue weighted by Gasteiger charge is -2.01. The highest BCUT2D eigenvalue weighted by atomic mass is 32.1. The number of nitrogens with one attached hydrogen (secondary N) is 1. The van der Waals surface area contributed by atoms with Crippen molar-refractivity contribution in [2.45, 2.75) is 0 Å². The summed E-state index contributed by atoms with van der Waals surface area (Å²) in [5.41, 5.74) is 2.55. The molecule has 106 valence electrons. The highest BCUT2D eigenvalue weighted by molar-refractivity contribution is 7.13. The Kier molecular flexibility index (Phi) is 3.09. The molecule has 2 heterocycles. The van der Waals surface area contributed by atoms with Crippen LogP contribution in [0.4, 0.5) is 0 Å². The second kappa shape index (κ2) is 5.24. The Bertz CT molecular complexity index is 1000. The predicted molar refractivity (Wildman–Crippen MR) is 91.1 cm³/mol. The number of nitrogens with zero attached hydrogens (tertiary/aromatic N) is 1. The summed E-state index contributed by atoms with van der Waals surface area (Å²) in [6.45, 7) is 0. The highest BCUT2D eigenvalue weighted by Gasteiger charge is 2.09. The van der Waals surface area contributed by atoms with E-state index in [-0.39, 0.29) is 5.56 Å². The van der Waals surface area contributed by atoms with Gasteiger partial charge >= 0.3 is 0 Å². The Morgan fingerprint density at radius 1 is 0.955 bits per heavy atom. The zero-order valence-electron chi connectivity index (χ0n) is 11.6. The van der Waals surface area contributed by atoms with Gasteiger partial charge in [0, 0.05) is 16.3 Å². The van der Waals surface area contributed by atoms with E-state index in [1.165, 1.54) is 0 Å². The second-order valence-corrected chi connectivity index (χ2v) is 5.86. The lowest BCUT2D eigenvalue weighted by molar-refractivity contribution is 1.25. The van der Waals surface area contributed by atoms with Crippen LogP contribution in [0.3, 0.4) is 0 Å². The standard InChI is InChI=1S/C18H12N2OS/c21-17-14-9-5-4-8-13(14)10-15(19-17)16-11-22-18(20-16)12-6-2-1-3-7-12/h1-11H,(H,19,21). The van der Waals surface area contributed by atoms with Crippen molar-refractivity contribution in [2.75, 3.05) is 0 Å². The minimum atomic E-state index is -0.0811. The molecule has 0 spiro atoms. The molecule has 0 unspecified atom stereocenters. The topological polar surface area (TPSA) is 45.8 Å². The van der Waals surface area contributed by atoms with Gasteiger partial charge in [-0.15, -0.1) is 11.3 Å². The Morgan fingerprint density at radius 2 is 1.73 bits per heavy atom. The molecule has 0 aliphatic carbocycles. The van der Waals surface area contributed by atoms with Gasteiger partial charge in [-0.2, -0.15) is 0 Å². The molecule has 0 fully saturated rings. The lowest BCUT2D eigenvalue weighted by atomic mass is 10.1. The zero-order valence-corrected chi connectivity index (χ0v) is 12.4. The van der Waals surface area contributed by atoms with Crippen molar-refractivity contribution in [3.8, 4) is 22.0 Å². The number of hydrogen-bond acceptors (Lipinski definition) is 3. The van der Waals surface area contributed by atoms with Gasteiger partial charge in [0.15, 0.2) is 0 Å². The molecule has 4 aromatic rings. The third-order valence-corrected chi connectivity index (χ3v) is 4.45. The third kappa shape index (κ3) is 2.23. The van der Waals surface area contributed by atoms with Crippen molar-refractivity contribution < 1.29 is 0 Å². The quantitative estimate of drug-likeness (QED) is 0.599. The number of thiazole rings is 1. The fraction of sp³-hybridized carbons (Fsp3) is 0. The molecule has 1 N–H and O–H groups in total. The molecule has 4 heteroatoms. The van der Waals surface area contributed by atoms with Gasteiger partial charge in [0.2, 0.25) is 0 Å². The van der Waals surface area contributed by atoms with Gasteiger partial charge in [-0.1, -0.05) is 48.5 Å². The number of pyridine rings is 1.